The molecule has 2 heterocycles. The first-order valence-electron chi connectivity index (χ1n) is 9.98. The summed E-state index contributed by atoms with van der Waals surface area (Å²) in [6.07, 6.45) is 1.59. The first-order chi connectivity index (χ1) is 14.6. The molecule has 1 aromatic heterocycles. The Balaban J connectivity index is 1.86. The number of pyridine rings is 1. The van der Waals surface area contributed by atoms with E-state index in [9.17, 15) is 9.59 Å². The van der Waals surface area contributed by atoms with Crippen LogP contribution in [0.4, 0.5) is 0 Å². The number of carbonyl (C=O) groups excluding carboxylic acids is 1. The van der Waals surface area contributed by atoms with Crippen molar-refractivity contribution < 1.29 is 14.3 Å². The maximum Gasteiger partial charge on any atom is 0.343 e. The quantitative estimate of drug-likeness (QED) is 0.382. The lowest BCUT2D eigenvalue weighted by Gasteiger charge is -2.26. The van der Waals surface area contributed by atoms with Crippen LogP contribution < -0.4 is 5.43 Å². The van der Waals surface area contributed by atoms with E-state index >= 15 is 0 Å². The summed E-state index contributed by atoms with van der Waals surface area (Å²) < 4.78 is 13.5. The zero-order valence-corrected chi connectivity index (χ0v) is 18.9. The molecule has 1 saturated heterocycles. The number of esters is 1. The smallest absolute Gasteiger partial charge is 0.343 e. The molecule has 0 amide bonds. The van der Waals surface area contributed by atoms with Crippen LogP contribution in [0.3, 0.4) is 0 Å². The predicted octanol–water partition coefficient (Wildman–Crippen LogP) is 3.60. The molecule has 3 aromatic rings. The van der Waals surface area contributed by atoms with Gasteiger partial charge < -0.3 is 14.0 Å². The van der Waals surface area contributed by atoms with Crippen LogP contribution in [-0.2, 0) is 16.0 Å². The highest BCUT2D eigenvalue weighted by molar-refractivity contribution is 14.1. The third-order valence-corrected chi connectivity index (χ3v) is 5.83. The second-order valence-corrected chi connectivity index (χ2v) is 8.43. The SMILES string of the molecule is CCOC(=O)c1cn(-c2cccc(I)c2)c2ccc(CN3CCOCC3)cc2c1=O. The van der Waals surface area contributed by atoms with Gasteiger partial charge in [-0.15, -0.1) is 0 Å². The van der Waals surface area contributed by atoms with E-state index in [0.717, 1.165) is 53.2 Å². The van der Waals surface area contributed by atoms with Gasteiger partial charge in [-0.3, -0.25) is 9.69 Å². The van der Waals surface area contributed by atoms with Crippen molar-refractivity contribution in [1.82, 2.24) is 9.47 Å². The summed E-state index contributed by atoms with van der Waals surface area (Å²) in [7, 11) is 0. The summed E-state index contributed by atoms with van der Waals surface area (Å²) in [5.41, 5.74) is 2.44. The van der Waals surface area contributed by atoms with Gasteiger partial charge >= 0.3 is 5.97 Å². The standard InChI is InChI=1S/C23H23IN2O4/c1-2-30-23(28)20-15-26(18-5-3-4-17(24)13-18)21-7-6-16(12-19(21)22(20)27)14-25-8-10-29-11-9-25/h3-7,12-13,15H,2,8-11,14H2,1H3. The van der Waals surface area contributed by atoms with Crippen molar-refractivity contribution in [2.45, 2.75) is 13.5 Å². The van der Waals surface area contributed by atoms with Gasteiger partial charge in [-0.2, -0.15) is 0 Å². The molecular weight excluding hydrogens is 495 g/mol. The zero-order chi connectivity index (χ0) is 21.1. The second-order valence-electron chi connectivity index (χ2n) is 7.18. The number of halogens is 1. The Kier molecular flexibility index (Phi) is 6.50. The Morgan fingerprint density at radius 1 is 1.17 bits per heavy atom. The fraction of sp³-hybridized carbons (Fsp3) is 0.304. The van der Waals surface area contributed by atoms with Crippen LogP contribution in [0.2, 0.25) is 0 Å². The topological polar surface area (TPSA) is 60.8 Å². The van der Waals surface area contributed by atoms with Crippen LogP contribution in [0, 0.1) is 3.57 Å². The van der Waals surface area contributed by atoms with E-state index in [-0.39, 0.29) is 17.6 Å². The van der Waals surface area contributed by atoms with Crippen LogP contribution >= 0.6 is 22.6 Å². The minimum atomic E-state index is -0.595. The lowest BCUT2D eigenvalue weighted by atomic mass is 10.1. The largest absolute Gasteiger partial charge is 0.462 e. The van der Waals surface area contributed by atoms with Crippen LogP contribution in [0.5, 0.6) is 0 Å². The Morgan fingerprint density at radius 3 is 2.70 bits per heavy atom. The first-order valence-corrected chi connectivity index (χ1v) is 11.1. The van der Waals surface area contributed by atoms with E-state index in [2.05, 4.69) is 27.5 Å². The van der Waals surface area contributed by atoms with Gasteiger partial charge in [0.25, 0.3) is 0 Å². The van der Waals surface area contributed by atoms with Gasteiger partial charge in [0.05, 0.1) is 25.3 Å². The van der Waals surface area contributed by atoms with E-state index in [0.29, 0.717) is 5.39 Å². The molecule has 2 aromatic carbocycles. The molecule has 1 fully saturated rings. The number of benzene rings is 2. The number of fused-ring (bicyclic) bond motifs is 1. The van der Waals surface area contributed by atoms with Crippen molar-refractivity contribution in [3.8, 4) is 5.69 Å². The van der Waals surface area contributed by atoms with Crippen LogP contribution in [0.25, 0.3) is 16.6 Å². The molecule has 1 aliphatic rings. The molecule has 0 N–H and O–H groups in total. The number of hydrogen-bond donors (Lipinski definition) is 0. The molecule has 7 heteroatoms. The highest BCUT2D eigenvalue weighted by Gasteiger charge is 2.18. The summed E-state index contributed by atoms with van der Waals surface area (Å²) in [5, 5.41) is 0.519. The van der Waals surface area contributed by atoms with E-state index in [1.807, 2.05) is 47.0 Å². The third-order valence-electron chi connectivity index (χ3n) is 5.16. The van der Waals surface area contributed by atoms with Gasteiger partial charge in [0.2, 0.25) is 5.43 Å². The molecule has 0 aliphatic carbocycles. The molecule has 30 heavy (non-hydrogen) atoms. The second kappa shape index (κ2) is 9.28. The van der Waals surface area contributed by atoms with Crippen molar-refractivity contribution in [1.29, 1.82) is 0 Å². The molecule has 0 saturated carbocycles. The highest BCUT2D eigenvalue weighted by atomic mass is 127. The molecule has 0 bridgehead atoms. The zero-order valence-electron chi connectivity index (χ0n) is 16.8. The summed E-state index contributed by atoms with van der Waals surface area (Å²) in [5.74, 6) is -0.595. The summed E-state index contributed by atoms with van der Waals surface area (Å²) in [6.45, 7) is 5.88. The van der Waals surface area contributed by atoms with E-state index in [1.54, 1.807) is 13.1 Å². The van der Waals surface area contributed by atoms with Crippen molar-refractivity contribution in [3.05, 3.63) is 73.6 Å². The fourth-order valence-corrected chi connectivity index (χ4v) is 4.21. The van der Waals surface area contributed by atoms with Gasteiger partial charge in [0.1, 0.15) is 5.56 Å². The molecule has 0 spiro atoms. The fourth-order valence-electron chi connectivity index (χ4n) is 3.69. The predicted molar refractivity (Wildman–Crippen MR) is 124 cm³/mol. The normalized spacial score (nSPS) is 14.7. The average Bonchev–Trinajstić information content (AvgIpc) is 2.75. The number of nitrogens with zero attached hydrogens (tertiary/aromatic N) is 2. The average molecular weight is 518 g/mol. The number of ether oxygens (including phenoxy) is 2. The summed E-state index contributed by atoms with van der Waals surface area (Å²) >= 11 is 2.25. The maximum atomic E-state index is 13.2. The lowest BCUT2D eigenvalue weighted by molar-refractivity contribution is 0.0342. The van der Waals surface area contributed by atoms with E-state index < -0.39 is 5.97 Å². The number of hydrogen-bond acceptors (Lipinski definition) is 5. The van der Waals surface area contributed by atoms with Crippen LogP contribution in [-0.4, -0.2) is 48.3 Å². The van der Waals surface area contributed by atoms with E-state index in [1.165, 1.54) is 0 Å². The molecule has 4 rings (SSSR count). The van der Waals surface area contributed by atoms with Crippen molar-refractivity contribution in [3.63, 3.8) is 0 Å². The van der Waals surface area contributed by atoms with Crippen molar-refractivity contribution in [2.24, 2.45) is 0 Å². The summed E-state index contributed by atoms with van der Waals surface area (Å²) in [6, 6.07) is 13.8. The Morgan fingerprint density at radius 2 is 1.97 bits per heavy atom. The van der Waals surface area contributed by atoms with Gasteiger partial charge in [0.15, 0.2) is 0 Å². The Hall–Kier alpha value is -2.23. The van der Waals surface area contributed by atoms with Crippen molar-refractivity contribution >= 4 is 39.5 Å². The maximum absolute atomic E-state index is 13.2. The molecule has 6 nitrogen and oxygen atoms in total. The first kappa shape index (κ1) is 21.0. The van der Waals surface area contributed by atoms with Gasteiger partial charge in [0, 0.05) is 40.5 Å². The highest BCUT2D eigenvalue weighted by Crippen LogP contribution is 2.22. The van der Waals surface area contributed by atoms with Crippen LogP contribution in [0.1, 0.15) is 22.8 Å². The number of carbonyl (C=O) groups is 1. The lowest BCUT2D eigenvalue weighted by Crippen LogP contribution is -2.35. The van der Waals surface area contributed by atoms with E-state index in [4.69, 9.17) is 9.47 Å². The number of morpholine rings is 1. The van der Waals surface area contributed by atoms with Gasteiger partial charge in [-0.1, -0.05) is 12.1 Å². The summed E-state index contributed by atoms with van der Waals surface area (Å²) in [4.78, 5) is 28.0. The molecular formula is C23H23IN2O4. The molecule has 0 atom stereocenters. The molecule has 1 aliphatic heterocycles. The Labute approximate surface area is 188 Å². The minimum Gasteiger partial charge on any atom is -0.462 e. The third kappa shape index (κ3) is 4.43. The molecule has 0 radical (unpaired) electrons. The number of aromatic nitrogens is 1. The van der Waals surface area contributed by atoms with Crippen LogP contribution in [0.15, 0.2) is 53.5 Å². The monoisotopic (exact) mass is 518 g/mol. The molecule has 0 unspecified atom stereocenters. The minimum absolute atomic E-state index is 0.0479. The van der Waals surface area contributed by atoms with Crippen molar-refractivity contribution in [2.75, 3.05) is 32.9 Å². The Bertz CT molecular complexity index is 1140. The number of rotatable bonds is 5. The van der Waals surface area contributed by atoms with Gasteiger partial charge in [-0.25, -0.2) is 4.79 Å². The van der Waals surface area contributed by atoms with Gasteiger partial charge in [-0.05, 0) is 65.4 Å². The molecule has 156 valence electrons.